The summed E-state index contributed by atoms with van der Waals surface area (Å²) in [6.45, 7) is 2.48. The van der Waals surface area contributed by atoms with E-state index in [1.807, 2.05) is 6.92 Å². The Balaban J connectivity index is 1.99. The molecule has 1 aliphatic heterocycles. The van der Waals surface area contributed by atoms with Crippen molar-refractivity contribution in [2.45, 2.75) is 32.2 Å². The third-order valence-corrected chi connectivity index (χ3v) is 4.72. The third-order valence-electron chi connectivity index (χ3n) is 4.72. The van der Waals surface area contributed by atoms with Gasteiger partial charge in [0, 0.05) is 20.1 Å². The van der Waals surface area contributed by atoms with Gasteiger partial charge in [0.25, 0.3) is 5.56 Å². The van der Waals surface area contributed by atoms with E-state index < -0.39 is 35.6 Å². The van der Waals surface area contributed by atoms with Gasteiger partial charge < -0.3 is 9.64 Å². The highest BCUT2D eigenvalue weighted by molar-refractivity contribution is 5.77. The number of hydrogen-bond acceptors (Lipinski definition) is 5. The number of ether oxygens (including phenoxy) is 1. The van der Waals surface area contributed by atoms with Crippen molar-refractivity contribution in [3.8, 4) is 0 Å². The van der Waals surface area contributed by atoms with Crippen LogP contribution in [0.3, 0.4) is 0 Å². The molecule has 8 nitrogen and oxygen atoms in total. The molecule has 0 saturated carbocycles. The maximum atomic E-state index is 12.9. The smallest absolute Gasteiger partial charge is 0.375 e. The number of amides is 1. The first-order valence-corrected chi connectivity index (χ1v) is 8.70. The quantitative estimate of drug-likeness (QED) is 0.759. The Labute approximate surface area is 157 Å². The Morgan fingerprint density at radius 2 is 2.04 bits per heavy atom. The molecule has 1 unspecified atom stereocenters. The molecule has 0 aromatic carbocycles. The molecular formula is C17H19F3N4O4. The van der Waals surface area contributed by atoms with Gasteiger partial charge in [0.15, 0.2) is 0 Å². The van der Waals surface area contributed by atoms with Gasteiger partial charge in [-0.05, 0) is 18.6 Å². The summed E-state index contributed by atoms with van der Waals surface area (Å²) in [6.07, 6.45) is -4.10. The largest absolute Gasteiger partial charge is 0.433 e. The summed E-state index contributed by atoms with van der Waals surface area (Å²) in [6, 6.07) is 1.64. The first-order valence-electron chi connectivity index (χ1n) is 8.70. The van der Waals surface area contributed by atoms with Gasteiger partial charge in [0.1, 0.15) is 17.9 Å². The van der Waals surface area contributed by atoms with E-state index in [-0.39, 0.29) is 17.1 Å². The molecule has 2 aromatic heterocycles. The van der Waals surface area contributed by atoms with Crippen molar-refractivity contribution in [2.24, 2.45) is 7.05 Å². The molecule has 1 amide bonds. The molecule has 0 aliphatic carbocycles. The van der Waals surface area contributed by atoms with Gasteiger partial charge in [0.2, 0.25) is 5.91 Å². The van der Waals surface area contributed by atoms with Crippen LogP contribution in [0.15, 0.2) is 21.7 Å². The average Bonchev–Trinajstić information content (AvgIpc) is 2.68. The van der Waals surface area contributed by atoms with Crippen LogP contribution in [0, 0.1) is 0 Å². The minimum absolute atomic E-state index is 0.112. The average molecular weight is 400 g/mol. The van der Waals surface area contributed by atoms with E-state index in [1.165, 1.54) is 11.9 Å². The second-order valence-corrected chi connectivity index (χ2v) is 6.54. The normalized spacial score (nSPS) is 17.9. The van der Waals surface area contributed by atoms with Crippen molar-refractivity contribution < 1.29 is 22.7 Å². The third kappa shape index (κ3) is 3.66. The molecule has 0 spiro atoms. The molecule has 3 heterocycles. The molecule has 28 heavy (non-hydrogen) atoms. The standard InChI is InChI=1S/C17H19F3N4O4/c1-3-10-8-23(6-7-28-10)13(25)9-24-15(26)11-4-5-12(17(18,19)20)21-14(11)22(2)16(24)27/h4-5,10H,3,6-9H2,1-2H3. The number of fused-ring (bicyclic) bond motifs is 1. The lowest BCUT2D eigenvalue weighted by Gasteiger charge is -2.32. The first-order chi connectivity index (χ1) is 13.1. The Bertz CT molecular complexity index is 1030. The van der Waals surface area contributed by atoms with Crippen LogP contribution in [-0.2, 0) is 29.3 Å². The molecule has 0 bridgehead atoms. The lowest BCUT2D eigenvalue weighted by molar-refractivity contribution is -0.141. The van der Waals surface area contributed by atoms with Crippen LogP contribution < -0.4 is 11.2 Å². The molecule has 1 aliphatic rings. The van der Waals surface area contributed by atoms with Crippen molar-refractivity contribution in [3.63, 3.8) is 0 Å². The highest BCUT2D eigenvalue weighted by Gasteiger charge is 2.33. The fraction of sp³-hybridized carbons (Fsp3) is 0.529. The number of carbonyl (C=O) groups excluding carboxylic acids is 1. The maximum absolute atomic E-state index is 12.9. The van der Waals surface area contributed by atoms with Crippen LogP contribution in [0.2, 0.25) is 0 Å². The fourth-order valence-corrected chi connectivity index (χ4v) is 3.10. The molecule has 1 fully saturated rings. The van der Waals surface area contributed by atoms with E-state index in [0.29, 0.717) is 32.2 Å². The Hall–Kier alpha value is -2.69. The number of alkyl halides is 3. The topological polar surface area (TPSA) is 86.4 Å². The number of hydrogen-bond donors (Lipinski definition) is 0. The predicted molar refractivity (Wildman–Crippen MR) is 92.9 cm³/mol. The number of halogens is 3. The van der Waals surface area contributed by atoms with Crippen LogP contribution in [0.1, 0.15) is 19.0 Å². The molecule has 0 N–H and O–H groups in total. The minimum atomic E-state index is -4.71. The van der Waals surface area contributed by atoms with E-state index >= 15 is 0 Å². The molecule has 1 atom stereocenters. The highest BCUT2D eigenvalue weighted by Crippen LogP contribution is 2.28. The molecule has 3 rings (SSSR count). The van der Waals surface area contributed by atoms with Crippen molar-refractivity contribution in [3.05, 3.63) is 38.7 Å². The Morgan fingerprint density at radius 3 is 2.68 bits per heavy atom. The number of aryl methyl sites for hydroxylation is 1. The second-order valence-electron chi connectivity index (χ2n) is 6.54. The van der Waals surface area contributed by atoms with E-state index in [4.69, 9.17) is 4.74 Å². The van der Waals surface area contributed by atoms with Crippen molar-refractivity contribution in [2.75, 3.05) is 19.7 Å². The van der Waals surface area contributed by atoms with Crippen molar-refractivity contribution >= 4 is 16.9 Å². The molecule has 1 saturated heterocycles. The van der Waals surface area contributed by atoms with Crippen LogP contribution in [0.5, 0.6) is 0 Å². The van der Waals surface area contributed by atoms with Crippen LogP contribution in [0.25, 0.3) is 11.0 Å². The van der Waals surface area contributed by atoms with Crippen molar-refractivity contribution in [1.29, 1.82) is 0 Å². The SMILES string of the molecule is CCC1CN(C(=O)Cn2c(=O)c3ccc(C(F)(F)F)nc3n(C)c2=O)CCO1. The monoisotopic (exact) mass is 400 g/mol. The Morgan fingerprint density at radius 1 is 1.32 bits per heavy atom. The van der Waals surface area contributed by atoms with E-state index in [9.17, 15) is 27.6 Å². The lowest BCUT2D eigenvalue weighted by atomic mass is 10.2. The summed E-state index contributed by atoms with van der Waals surface area (Å²) in [5.41, 5.74) is -3.35. The lowest BCUT2D eigenvalue weighted by Crippen LogP contribution is -2.49. The summed E-state index contributed by atoms with van der Waals surface area (Å²) < 4.78 is 45.7. The predicted octanol–water partition coefficient (Wildman–Crippen LogP) is 0.751. The number of morpholine rings is 1. The van der Waals surface area contributed by atoms with Gasteiger partial charge in [-0.1, -0.05) is 6.92 Å². The van der Waals surface area contributed by atoms with Gasteiger partial charge in [0.05, 0.1) is 18.1 Å². The molecule has 152 valence electrons. The summed E-state index contributed by atoms with van der Waals surface area (Å²) in [5.74, 6) is -0.430. The molecule has 2 aromatic rings. The summed E-state index contributed by atoms with van der Waals surface area (Å²) in [4.78, 5) is 42.6. The molecular weight excluding hydrogens is 381 g/mol. The van der Waals surface area contributed by atoms with E-state index in [0.717, 1.165) is 15.2 Å². The molecule has 0 radical (unpaired) electrons. The van der Waals surface area contributed by atoms with E-state index in [1.54, 1.807) is 0 Å². The van der Waals surface area contributed by atoms with Crippen LogP contribution in [0.4, 0.5) is 13.2 Å². The van der Waals surface area contributed by atoms with Gasteiger partial charge >= 0.3 is 11.9 Å². The van der Waals surface area contributed by atoms with Crippen molar-refractivity contribution in [1.82, 2.24) is 19.0 Å². The van der Waals surface area contributed by atoms with Gasteiger partial charge in [-0.3, -0.25) is 18.7 Å². The van der Waals surface area contributed by atoms with Gasteiger partial charge in [-0.15, -0.1) is 0 Å². The highest BCUT2D eigenvalue weighted by atomic mass is 19.4. The summed E-state index contributed by atoms with van der Waals surface area (Å²) >= 11 is 0. The van der Waals surface area contributed by atoms with E-state index in [2.05, 4.69) is 4.98 Å². The number of carbonyl (C=O) groups is 1. The summed E-state index contributed by atoms with van der Waals surface area (Å²) in [7, 11) is 1.21. The van der Waals surface area contributed by atoms with Crippen LogP contribution >= 0.6 is 0 Å². The number of pyridine rings is 1. The Kier molecular flexibility index (Phi) is 5.28. The summed E-state index contributed by atoms with van der Waals surface area (Å²) in [5, 5.41) is -0.170. The zero-order valence-corrected chi connectivity index (χ0v) is 15.3. The number of nitrogens with zero attached hydrogens (tertiary/aromatic N) is 4. The number of rotatable bonds is 3. The zero-order chi connectivity index (χ0) is 20.6. The number of aromatic nitrogens is 3. The van der Waals surface area contributed by atoms with Gasteiger partial charge in [-0.2, -0.15) is 13.2 Å². The fourth-order valence-electron chi connectivity index (χ4n) is 3.10. The van der Waals surface area contributed by atoms with Crippen LogP contribution in [-0.4, -0.2) is 50.7 Å². The maximum Gasteiger partial charge on any atom is 0.433 e. The van der Waals surface area contributed by atoms with Gasteiger partial charge in [-0.25, -0.2) is 9.78 Å². The second kappa shape index (κ2) is 7.38. The molecule has 11 heteroatoms. The zero-order valence-electron chi connectivity index (χ0n) is 15.3. The minimum Gasteiger partial charge on any atom is -0.375 e. The first kappa shape index (κ1) is 20.1.